The Morgan fingerprint density at radius 1 is 0.893 bits per heavy atom. The minimum Gasteiger partial charge on any atom is -0.481 e. The molecule has 0 aliphatic carbocycles. The molecule has 0 spiro atoms. The Labute approximate surface area is 165 Å². The Bertz CT molecular complexity index is 1090. The van der Waals surface area contributed by atoms with Crippen LogP contribution in [0.25, 0.3) is 0 Å². The Morgan fingerprint density at radius 2 is 1.54 bits per heavy atom. The number of benzene rings is 3. The highest BCUT2D eigenvalue weighted by molar-refractivity contribution is 7.92. The van der Waals surface area contributed by atoms with Crippen molar-refractivity contribution in [1.29, 1.82) is 0 Å². The van der Waals surface area contributed by atoms with Crippen LogP contribution in [-0.2, 0) is 10.0 Å². The van der Waals surface area contributed by atoms with Crippen LogP contribution in [0.3, 0.4) is 0 Å². The van der Waals surface area contributed by atoms with Gasteiger partial charge in [-0.15, -0.1) is 0 Å². The number of hydrogen-bond donors (Lipinski definition) is 1. The standard InChI is InChI=1S/C22H19NO4S/c1-28(24,25)23-21-15-14-18(9-8-16-26-19-10-4-2-5-11-19)17-22(21)27-20-12-6-3-7-13-20/h2-7,10-15,17,23H,16H2,1H3. The Hall–Kier alpha value is -3.43. The zero-order chi connectivity index (χ0) is 19.8. The first-order chi connectivity index (χ1) is 13.5. The van der Waals surface area contributed by atoms with E-state index >= 15 is 0 Å². The van der Waals surface area contributed by atoms with Gasteiger partial charge in [-0.1, -0.05) is 48.2 Å². The highest BCUT2D eigenvalue weighted by atomic mass is 32.2. The van der Waals surface area contributed by atoms with Gasteiger partial charge in [0.25, 0.3) is 0 Å². The first-order valence-corrected chi connectivity index (χ1v) is 10.4. The van der Waals surface area contributed by atoms with Crippen molar-refractivity contribution in [3.8, 4) is 29.1 Å². The minimum absolute atomic E-state index is 0.238. The minimum atomic E-state index is -3.44. The fraction of sp³-hybridized carbons (Fsp3) is 0.0909. The molecule has 1 N–H and O–H groups in total. The molecular formula is C22H19NO4S. The third-order valence-electron chi connectivity index (χ3n) is 3.53. The van der Waals surface area contributed by atoms with Gasteiger partial charge in [-0.25, -0.2) is 8.42 Å². The molecule has 0 heterocycles. The third kappa shape index (κ3) is 6.08. The van der Waals surface area contributed by atoms with Crippen LogP contribution < -0.4 is 14.2 Å². The van der Waals surface area contributed by atoms with Crippen molar-refractivity contribution in [2.45, 2.75) is 0 Å². The van der Waals surface area contributed by atoms with Crippen molar-refractivity contribution in [3.63, 3.8) is 0 Å². The molecule has 142 valence electrons. The fourth-order valence-electron chi connectivity index (χ4n) is 2.36. The zero-order valence-electron chi connectivity index (χ0n) is 15.3. The summed E-state index contributed by atoms with van der Waals surface area (Å²) in [7, 11) is -3.44. The molecule has 0 bridgehead atoms. The fourth-order valence-corrected chi connectivity index (χ4v) is 2.93. The summed E-state index contributed by atoms with van der Waals surface area (Å²) in [4.78, 5) is 0. The van der Waals surface area contributed by atoms with Gasteiger partial charge in [0, 0.05) is 5.56 Å². The number of anilines is 1. The number of sulfonamides is 1. The molecule has 6 heteroatoms. The second-order valence-corrected chi connectivity index (χ2v) is 7.65. The van der Waals surface area contributed by atoms with Crippen molar-refractivity contribution in [2.75, 3.05) is 17.6 Å². The molecule has 0 saturated heterocycles. The Kier molecular flexibility index (Phi) is 6.20. The summed E-state index contributed by atoms with van der Waals surface area (Å²) in [6.45, 7) is 0.238. The molecule has 0 fully saturated rings. The van der Waals surface area contributed by atoms with E-state index in [2.05, 4.69) is 16.6 Å². The van der Waals surface area contributed by atoms with E-state index in [1.54, 1.807) is 30.3 Å². The first-order valence-electron chi connectivity index (χ1n) is 8.51. The topological polar surface area (TPSA) is 64.6 Å². The molecule has 0 radical (unpaired) electrons. The third-order valence-corrected chi connectivity index (χ3v) is 4.13. The molecule has 5 nitrogen and oxygen atoms in total. The van der Waals surface area contributed by atoms with Crippen LogP contribution in [0.5, 0.6) is 17.2 Å². The molecule has 3 aromatic carbocycles. The van der Waals surface area contributed by atoms with Gasteiger partial charge in [-0.05, 0) is 42.5 Å². The van der Waals surface area contributed by atoms with E-state index in [1.807, 2.05) is 48.5 Å². The number of rotatable bonds is 6. The predicted octanol–water partition coefficient (Wildman–Crippen LogP) is 4.28. The second kappa shape index (κ2) is 8.98. The Morgan fingerprint density at radius 3 is 2.18 bits per heavy atom. The number of ether oxygens (including phenoxy) is 2. The van der Waals surface area contributed by atoms with Gasteiger partial charge in [-0.2, -0.15) is 0 Å². The lowest BCUT2D eigenvalue weighted by atomic mass is 10.2. The average molecular weight is 393 g/mol. The molecule has 0 amide bonds. The van der Waals surface area contributed by atoms with E-state index in [-0.39, 0.29) is 6.61 Å². The summed E-state index contributed by atoms with van der Waals surface area (Å²) in [5, 5.41) is 0. The summed E-state index contributed by atoms with van der Waals surface area (Å²) in [5.41, 5.74) is 1.03. The van der Waals surface area contributed by atoms with E-state index < -0.39 is 10.0 Å². The highest BCUT2D eigenvalue weighted by Gasteiger charge is 2.10. The van der Waals surface area contributed by atoms with Crippen molar-refractivity contribution in [3.05, 3.63) is 84.4 Å². The zero-order valence-corrected chi connectivity index (χ0v) is 16.1. The van der Waals surface area contributed by atoms with Crippen LogP contribution in [0.2, 0.25) is 0 Å². The molecular weight excluding hydrogens is 374 g/mol. The van der Waals surface area contributed by atoms with Crippen molar-refractivity contribution in [1.82, 2.24) is 0 Å². The van der Waals surface area contributed by atoms with Gasteiger partial charge in [0.2, 0.25) is 10.0 Å². The van der Waals surface area contributed by atoms with E-state index in [1.165, 1.54) is 0 Å². The molecule has 0 aromatic heterocycles. The number of para-hydroxylation sites is 2. The lowest BCUT2D eigenvalue weighted by Gasteiger charge is -2.12. The van der Waals surface area contributed by atoms with Crippen LogP contribution in [0.15, 0.2) is 78.9 Å². The van der Waals surface area contributed by atoms with Crippen LogP contribution in [0, 0.1) is 11.8 Å². The van der Waals surface area contributed by atoms with Crippen molar-refractivity contribution >= 4 is 15.7 Å². The second-order valence-electron chi connectivity index (χ2n) is 5.90. The summed E-state index contributed by atoms with van der Waals surface area (Å²) in [6, 6.07) is 23.6. The highest BCUT2D eigenvalue weighted by Crippen LogP contribution is 2.31. The smallest absolute Gasteiger partial charge is 0.229 e. The molecule has 0 saturated carbocycles. The number of nitrogens with one attached hydrogen (secondary N) is 1. The van der Waals surface area contributed by atoms with Crippen LogP contribution in [0.4, 0.5) is 5.69 Å². The van der Waals surface area contributed by atoms with Crippen LogP contribution in [-0.4, -0.2) is 21.3 Å². The summed E-state index contributed by atoms with van der Waals surface area (Å²) in [5.74, 6) is 7.65. The normalized spacial score (nSPS) is 10.5. The SMILES string of the molecule is CS(=O)(=O)Nc1ccc(C#CCOc2ccccc2)cc1Oc1ccccc1. The van der Waals surface area contributed by atoms with Gasteiger partial charge in [-0.3, -0.25) is 4.72 Å². The van der Waals surface area contributed by atoms with Crippen LogP contribution >= 0.6 is 0 Å². The number of hydrogen-bond acceptors (Lipinski definition) is 4. The molecule has 28 heavy (non-hydrogen) atoms. The van der Waals surface area contributed by atoms with Gasteiger partial charge < -0.3 is 9.47 Å². The largest absolute Gasteiger partial charge is 0.481 e. The summed E-state index contributed by atoms with van der Waals surface area (Å²) < 4.78 is 37.1. The van der Waals surface area contributed by atoms with E-state index in [0.717, 1.165) is 12.0 Å². The molecule has 0 aliphatic rings. The Balaban J connectivity index is 1.79. The predicted molar refractivity (Wildman–Crippen MR) is 110 cm³/mol. The molecule has 0 unspecified atom stereocenters. The molecule has 3 rings (SSSR count). The summed E-state index contributed by atoms with van der Waals surface area (Å²) in [6.07, 6.45) is 1.09. The van der Waals surface area contributed by atoms with Gasteiger partial charge >= 0.3 is 0 Å². The molecule has 0 aliphatic heterocycles. The maximum atomic E-state index is 11.6. The monoisotopic (exact) mass is 393 g/mol. The maximum Gasteiger partial charge on any atom is 0.229 e. The quantitative estimate of drug-likeness (QED) is 0.635. The maximum absolute atomic E-state index is 11.6. The molecule has 0 atom stereocenters. The van der Waals surface area contributed by atoms with Gasteiger partial charge in [0.15, 0.2) is 5.75 Å². The van der Waals surface area contributed by atoms with E-state index in [0.29, 0.717) is 22.7 Å². The van der Waals surface area contributed by atoms with Gasteiger partial charge in [0.1, 0.15) is 18.1 Å². The first kappa shape index (κ1) is 19.3. The average Bonchev–Trinajstić information content (AvgIpc) is 2.68. The van der Waals surface area contributed by atoms with Gasteiger partial charge in [0.05, 0.1) is 11.9 Å². The lowest BCUT2D eigenvalue weighted by Crippen LogP contribution is -2.10. The van der Waals surface area contributed by atoms with E-state index in [4.69, 9.17) is 9.47 Å². The van der Waals surface area contributed by atoms with Crippen molar-refractivity contribution < 1.29 is 17.9 Å². The van der Waals surface area contributed by atoms with Crippen LogP contribution in [0.1, 0.15) is 5.56 Å². The van der Waals surface area contributed by atoms with E-state index in [9.17, 15) is 8.42 Å². The lowest BCUT2D eigenvalue weighted by molar-refractivity contribution is 0.370. The molecule has 3 aromatic rings. The summed E-state index contributed by atoms with van der Waals surface area (Å²) >= 11 is 0. The van der Waals surface area contributed by atoms with Crippen molar-refractivity contribution in [2.24, 2.45) is 0 Å².